The van der Waals surface area contributed by atoms with Gasteiger partial charge < -0.3 is 10.2 Å². The second-order valence-corrected chi connectivity index (χ2v) is 7.55. The Bertz CT molecular complexity index is 510. The summed E-state index contributed by atoms with van der Waals surface area (Å²) in [6, 6.07) is 10.9. The van der Waals surface area contributed by atoms with Crippen LogP contribution in [0.15, 0.2) is 30.3 Å². The van der Waals surface area contributed by atoms with Crippen LogP contribution in [0.5, 0.6) is 0 Å². The molecule has 3 rings (SSSR count). The van der Waals surface area contributed by atoms with Crippen molar-refractivity contribution in [3.63, 3.8) is 0 Å². The fraction of sp³-hybridized carbons (Fsp3) is 0.667. The summed E-state index contributed by atoms with van der Waals surface area (Å²) in [7, 11) is 0. The molecule has 2 aliphatic rings. The molecule has 1 aromatic rings. The summed E-state index contributed by atoms with van der Waals surface area (Å²) in [6.07, 6.45) is 6.56. The van der Waals surface area contributed by atoms with E-state index < -0.39 is 0 Å². The van der Waals surface area contributed by atoms with Crippen molar-refractivity contribution in [2.24, 2.45) is 11.8 Å². The number of nitrogens with one attached hydrogen (secondary N) is 1. The Morgan fingerprint density at radius 3 is 2.62 bits per heavy atom. The zero-order chi connectivity index (χ0) is 16.8. The second kappa shape index (κ2) is 8.66. The van der Waals surface area contributed by atoms with Gasteiger partial charge in [0.25, 0.3) is 0 Å². The van der Waals surface area contributed by atoms with Crippen molar-refractivity contribution >= 4 is 5.91 Å². The van der Waals surface area contributed by atoms with Crippen molar-refractivity contribution in [3.8, 4) is 0 Å². The first kappa shape index (κ1) is 17.5. The van der Waals surface area contributed by atoms with E-state index in [-0.39, 0.29) is 0 Å². The van der Waals surface area contributed by atoms with Crippen LogP contribution in [0.4, 0.5) is 0 Å². The highest BCUT2D eigenvalue weighted by Crippen LogP contribution is 2.35. The van der Waals surface area contributed by atoms with E-state index in [0.717, 1.165) is 57.8 Å². The average Bonchev–Trinajstić information content (AvgIpc) is 2.67. The Balaban J connectivity index is 1.52. The van der Waals surface area contributed by atoms with E-state index in [1.807, 2.05) is 0 Å². The first-order valence-corrected chi connectivity index (χ1v) is 9.81. The molecule has 0 radical (unpaired) electrons. The standard InChI is InChI=1S/C21H32N2O/c1-2-18-16-23(15-12-20(18)19-6-4-3-5-7-19)21(24)9-8-17-10-13-22-14-11-17/h3-7,17-18,20,22H,2,8-16H2,1H3. The predicted octanol–water partition coefficient (Wildman–Crippen LogP) is 3.81. The van der Waals surface area contributed by atoms with E-state index in [1.54, 1.807) is 0 Å². The van der Waals surface area contributed by atoms with Gasteiger partial charge in [-0.3, -0.25) is 4.79 Å². The molecule has 2 saturated heterocycles. The molecule has 2 heterocycles. The van der Waals surface area contributed by atoms with Crippen LogP contribution in [0.3, 0.4) is 0 Å². The molecule has 3 heteroatoms. The van der Waals surface area contributed by atoms with Crippen LogP contribution < -0.4 is 5.32 Å². The van der Waals surface area contributed by atoms with Gasteiger partial charge in [0.05, 0.1) is 0 Å². The first-order chi connectivity index (χ1) is 11.8. The molecule has 0 aliphatic carbocycles. The molecular formula is C21H32N2O. The van der Waals surface area contributed by atoms with Gasteiger partial charge in [-0.15, -0.1) is 0 Å². The van der Waals surface area contributed by atoms with Crippen molar-refractivity contribution in [2.45, 2.75) is 51.4 Å². The highest BCUT2D eigenvalue weighted by Gasteiger charge is 2.31. The Morgan fingerprint density at radius 2 is 1.92 bits per heavy atom. The predicted molar refractivity (Wildman–Crippen MR) is 99.0 cm³/mol. The van der Waals surface area contributed by atoms with E-state index in [0.29, 0.717) is 17.7 Å². The van der Waals surface area contributed by atoms with Crippen molar-refractivity contribution in [1.82, 2.24) is 10.2 Å². The van der Waals surface area contributed by atoms with E-state index in [4.69, 9.17) is 0 Å². The number of rotatable bonds is 5. The fourth-order valence-electron chi connectivity index (χ4n) is 4.47. The summed E-state index contributed by atoms with van der Waals surface area (Å²) in [4.78, 5) is 14.8. The van der Waals surface area contributed by atoms with Gasteiger partial charge in [0, 0.05) is 19.5 Å². The summed E-state index contributed by atoms with van der Waals surface area (Å²) in [5.41, 5.74) is 1.45. The van der Waals surface area contributed by atoms with Crippen molar-refractivity contribution in [2.75, 3.05) is 26.2 Å². The molecule has 1 N–H and O–H groups in total. The number of hydrogen-bond donors (Lipinski definition) is 1. The van der Waals surface area contributed by atoms with Crippen LogP contribution in [0, 0.1) is 11.8 Å². The lowest BCUT2D eigenvalue weighted by atomic mass is 9.79. The number of carbonyl (C=O) groups excluding carboxylic acids is 1. The van der Waals surface area contributed by atoms with Gasteiger partial charge in [-0.1, -0.05) is 43.7 Å². The maximum atomic E-state index is 12.7. The average molecular weight is 328 g/mol. The number of nitrogens with zero attached hydrogens (tertiary/aromatic N) is 1. The minimum absolute atomic E-state index is 0.387. The Labute approximate surface area is 146 Å². The van der Waals surface area contributed by atoms with Crippen LogP contribution in [-0.4, -0.2) is 37.0 Å². The molecule has 0 spiro atoms. The van der Waals surface area contributed by atoms with E-state index in [1.165, 1.54) is 18.4 Å². The minimum Gasteiger partial charge on any atom is -0.342 e. The summed E-state index contributed by atoms with van der Waals surface area (Å²) in [6.45, 7) is 6.39. The highest BCUT2D eigenvalue weighted by atomic mass is 16.2. The Hall–Kier alpha value is -1.35. The lowest BCUT2D eigenvalue weighted by molar-refractivity contribution is -0.133. The second-order valence-electron chi connectivity index (χ2n) is 7.55. The summed E-state index contributed by atoms with van der Waals surface area (Å²) in [5, 5.41) is 3.40. The van der Waals surface area contributed by atoms with Gasteiger partial charge in [-0.05, 0) is 62.1 Å². The molecule has 2 atom stereocenters. The largest absolute Gasteiger partial charge is 0.342 e. The van der Waals surface area contributed by atoms with Gasteiger partial charge in [-0.2, -0.15) is 0 Å². The zero-order valence-electron chi connectivity index (χ0n) is 15.0. The molecule has 2 fully saturated rings. The third-order valence-electron chi connectivity index (χ3n) is 6.06. The zero-order valence-corrected chi connectivity index (χ0v) is 15.0. The van der Waals surface area contributed by atoms with E-state index >= 15 is 0 Å². The third-order valence-corrected chi connectivity index (χ3v) is 6.06. The fourth-order valence-corrected chi connectivity index (χ4v) is 4.47. The molecule has 0 aromatic heterocycles. The van der Waals surface area contributed by atoms with Crippen LogP contribution >= 0.6 is 0 Å². The van der Waals surface area contributed by atoms with Crippen molar-refractivity contribution < 1.29 is 4.79 Å². The smallest absolute Gasteiger partial charge is 0.222 e. The maximum Gasteiger partial charge on any atom is 0.222 e. The molecule has 132 valence electrons. The first-order valence-electron chi connectivity index (χ1n) is 9.81. The number of likely N-dealkylation sites (tertiary alicyclic amines) is 1. The molecule has 1 aromatic carbocycles. The van der Waals surface area contributed by atoms with Crippen molar-refractivity contribution in [1.29, 1.82) is 0 Å². The maximum absolute atomic E-state index is 12.7. The molecule has 0 saturated carbocycles. The van der Waals surface area contributed by atoms with Crippen LogP contribution in [0.25, 0.3) is 0 Å². The van der Waals surface area contributed by atoms with Gasteiger partial charge in [0.1, 0.15) is 0 Å². The number of carbonyl (C=O) groups is 1. The lowest BCUT2D eigenvalue weighted by Crippen LogP contribution is -2.43. The highest BCUT2D eigenvalue weighted by molar-refractivity contribution is 5.76. The van der Waals surface area contributed by atoms with Crippen LogP contribution in [0.2, 0.25) is 0 Å². The van der Waals surface area contributed by atoms with Crippen molar-refractivity contribution in [3.05, 3.63) is 35.9 Å². The molecule has 3 nitrogen and oxygen atoms in total. The van der Waals surface area contributed by atoms with Gasteiger partial charge in [-0.25, -0.2) is 0 Å². The molecule has 1 amide bonds. The number of benzene rings is 1. The molecule has 2 aliphatic heterocycles. The third kappa shape index (κ3) is 4.38. The lowest BCUT2D eigenvalue weighted by Gasteiger charge is -2.39. The summed E-state index contributed by atoms with van der Waals surface area (Å²) >= 11 is 0. The van der Waals surface area contributed by atoms with Crippen LogP contribution in [0.1, 0.15) is 56.9 Å². The van der Waals surface area contributed by atoms with E-state index in [9.17, 15) is 4.79 Å². The van der Waals surface area contributed by atoms with Crippen LogP contribution in [-0.2, 0) is 4.79 Å². The quantitative estimate of drug-likeness (QED) is 0.891. The molecule has 0 bridgehead atoms. The monoisotopic (exact) mass is 328 g/mol. The van der Waals surface area contributed by atoms with Gasteiger partial charge >= 0.3 is 0 Å². The SMILES string of the molecule is CCC1CN(C(=O)CCC2CCNCC2)CCC1c1ccccc1. The molecular weight excluding hydrogens is 296 g/mol. The van der Waals surface area contributed by atoms with E-state index in [2.05, 4.69) is 47.5 Å². The topological polar surface area (TPSA) is 32.3 Å². The van der Waals surface area contributed by atoms with Gasteiger partial charge in [0.15, 0.2) is 0 Å². The Kier molecular flexibility index (Phi) is 6.30. The number of piperidine rings is 2. The summed E-state index contributed by atoms with van der Waals surface area (Å²) in [5.74, 6) is 2.35. The molecule has 24 heavy (non-hydrogen) atoms. The Morgan fingerprint density at radius 1 is 1.17 bits per heavy atom. The van der Waals surface area contributed by atoms with Gasteiger partial charge in [0.2, 0.25) is 5.91 Å². The minimum atomic E-state index is 0.387. The number of hydrogen-bond acceptors (Lipinski definition) is 2. The summed E-state index contributed by atoms with van der Waals surface area (Å²) < 4.78 is 0. The molecule has 2 unspecified atom stereocenters. The normalized spacial score (nSPS) is 25.6. The number of amides is 1.